The molecule has 1 N–H and O–H groups in total. The number of hydrogen-bond acceptors (Lipinski definition) is 5. The van der Waals surface area contributed by atoms with Crippen molar-refractivity contribution in [3.63, 3.8) is 0 Å². The molecule has 104 valence electrons. The van der Waals surface area contributed by atoms with Crippen LogP contribution in [0.15, 0.2) is 30.3 Å². The van der Waals surface area contributed by atoms with Gasteiger partial charge in [0.05, 0.1) is 11.1 Å². The molecule has 1 fully saturated rings. The van der Waals surface area contributed by atoms with Crippen LogP contribution in [0.25, 0.3) is 5.69 Å². The summed E-state index contributed by atoms with van der Waals surface area (Å²) in [5, 5.41) is 21.0. The average Bonchev–Trinajstić information content (AvgIpc) is 3.06. The van der Waals surface area contributed by atoms with Crippen LogP contribution < -0.4 is 4.90 Å². The molecule has 1 aromatic heterocycles. The lowest BCUT2D eigenvalue weighted by molar-refractivity contribution is -0.146. The van der Waals surface area contributed by atoms with Crippen molar-refractivity contribution in [2.45, 2.75) is 13.3 Å². The van der Waals surface area contributed by atoms with Crippen molar-refractivity contribution in [2.75, 3.05) is 18.0 Å². The fourth-order valence-electron chi connectivity index (χ4n) is 2.42. The molecular formula is C13H15N5O2. The molecule has 1 aliphatic rings. The molecule has 1 aromatic carbocycles. The number of benzene rings is 1. The van der Waals surface area contributed by atoms with Gasteiger partial charge >= 0.3 is 5.97 Å². The molecule has 1 atom stereocenters. The van der Waals surface area contributed by atoms with Gasteiger partial charge < -0.3 is 10.0 Å². The summed E-state index contributed by atoms with van der Waals surface area (Å²) in [6, 6.07) is 9.56. The van der Waals surface area contributed by atoms with Crippen LogP contribution in [0.3, 0.4) is 0 Å². The number of tetrazole rings is 1. The van der Waals surface area contributed by atoms with E-state index in [1.165, 1.54) is 0 Å². The number of aromatic nitrogens is 4. The summed E-state index contributed by atoms with van der Waals surface area (Å²) in [6.07, 6.45) is 0.587. The van der Waals surface area contributed by atoms with Crippen LogP contribution in [0.2, 0.25) is 0 Å². The second-order valence-corrected chi connectivity index (χ2v) is 5.26. The van der Waals surface area contributed by atoms with Crippen LogP contribution in [0.4, 0.5) is 5.95 Å². The Morgan fingerprint density at radius 2 is 2.10 bits per heavy atom. The van der Waals surface area contributed by atoms with Crippen molar-refractivity contribution >= 4 is 11.9 Å². The topological polar surface area (TPSA) is 84.1 Å². The zero-order chi connectivity index (χ0) is 14.2. The molecule has 7 nitrogen and oxygen atoms in total. The van der Waals surface area contributed by atoms with Gasteiger partial charge in [0.1, 0.15) is 0 Å². The fraction of sp³-hybridized carbons (Fsp3) is 0.385. The van der Waals surface area contributed by atoms with E-state index in [2.05, 4.69) is 15.5 Å². The lowest BCUT2D eigenvalue weighted by Crippen LogP contribution is -2.32. The number of anilines is 1. The summed E-state index contributed by atoms with van der Waals surface area (Å²) >= 11 is 0. The number of carboxylic acids is 1. The van der Waals surface area contributed by atoms with Crippen LogP contribution >= 0.6 is 0 Å². The first-order valence-electron chi connectivity index (χ1n) is 6.42. The zero-order valence-corrected chi connectivity index (χ0v) is 11.1. The van der Waals surface area contributed by atoms with Crippen molar-refractivity contribution in [1.29, 1.82) is 0 Å². The summed E-state index contributed by atoms with van der Waals surface area (Å²) in [7, 11) is 0. The number of nitrogens with zero attached hydrogens (tertiary/aromatic N) is 5. The first-order chi connectivity index (χ1) is 9.60. The van der Waals surface area contributed by atoms with E-state index in [1.807, 2.05) is 35.2 Å². The molecule has 0 saturated carbocycles. The molecule has 1 saturated heterocycles. The van der Waals surface area contributed by atoms with Gasteiger partial charge in [-0.15, -0.1) is 0 Å². The van der Waals surface area contributed by atoms with E-state index in [1.54, 1.807) is 11.6 Å². The highest BCUT2D eigenvalue weighted by Gasteiger charge is 2.42. The van der Waals surface area contributed by atoms with Crippen LogP contribution in [-0.4, -0.2) is 44.4 Å². The normalized spacial score (nSPS) is 22.1. The molecule has 0 bridgehead atoms. The quantitative estimate of drug-likeness (QED) is 0.896. The Morgan fingerprint density at radius 1 is 1.35 bits per heavy atom. The van der Waals surface area contributed by atoms with Crippen LogP contribution in [0.1, 0.15) is 13.3 Å². The molecule has 2 aromatic rings. The largest absolute Gasteiger partial charge is 0.481 e. The maximum atomic E-state index is 11.3. The van der Waals surface area contributed by atoms with E-state index in [0.717, 1.165) is 5.69 Å². The predicted octanol–water partition coefficient (Wildman–Crippen LogP) is 0.963. The first-order valence-corrected chi connectivity index (χ1v) is 6.42. The molecule has 0 amide bonds. The highest BCUT2D eigenvalue weighted by molar-refractivity contribution is 5.76. The van der Waals surface area contributed by atoms with Gasteiger partial charge in [0, 0.05) is 13.1 Å². The Bertz CT molecular complexity index is 627. The second kappa shape index (κ2) is 4.59. The molecular weight excluding hydrogens is 258 g/mol. The van der Waals surface area contributed by atoms with E-state index >= 15 is 0 Å². The minimum absolute atomic E-state index is 0.412. The zero-order valence-electron chi connectivity index (χ0n) is 11.1. The second-order valence-electron chi connectivity index (χ2n) is 5.26. The maximum Gasteiger partial charge on any atom is 0.311 e. The van der Waals surface area contributed by atoms with Gasteiger partial charge in [0.2, 0.25) is 5.95 Å². The van der Waals surface area contributed by atoms with Crippen molar-refractivity contribution in [3.05, 3.63) is 30.3 Å². The SMILES string of the molecule is CC1(C(=O)O)CCN(c2nnnn2-c2ccccc2)C1. The minimum Gasteiger partial charge on any atom is -0.481 e. The third kappa shape index (κ3) is 2.01. The van der Waals surface area contributed by atoms with Crippen LogP contribution in [-0.2, 0) is 4.79 Å². The van der Waals surface area contributed by atoms with Gasteiger partial charge in [-0.05, 0) is 35.9 Å². The van der Waals surface area contributed by atoms with E-state index in [4.69, 9.17) is 0 Å². The summed E-state index contributed by atoms with van der Waals surface area (Å²) < 4.78 is 1.63. The number of carbonyl (C=O) groups is 1. The number of hydrogen-bond donors (Lipinski definition) is 1. The molecule has 0 aliphatic carbocycles. The fourth-order valence-corrected chi connectivity index (χ4v) is 2.42. The van der Waals surface area contributed by atoms with Crippen molar-refractivity contribution in [1.82, 2.24) is 20.2 Å². The molecule has 1 unspecified atom stereocenters. The summed E-state index contributed by atoms with van der Waals surface area (Å²) in [5.41, 5.74) is 0.115. The van der Waals surface area contributed by atoms with Gasteiger partial charge in [-0.3, -0.25) is 4.79 Å². The third-order valence-corrected chi connectivity index (χ3v) is 3.73. The lowest BCUT2D eigenvalue weighted by atomic mass is 9.90. The minimum atomic E-state index is -0.779. The highest BCUT2D eigenvalue weighted by Crippen LogP contribution is 2.32. The van der Waals surface area contributed by atoms with Gasteiger partial charge in [-0.1, -0.05) is 23.3 Å². The average molecular weight is 273 g/mol. The first kappa shape index (κ1) is 12.6. The number of carboxylic acid groups (broad SMARTS) is 1. The molecule has 20 heavy (non-hydrogen) atoms. The van der Waals surface area contributed by atoms with Gasteiger partial charge in [0.15, 0.2) is 0 Å². The van der Waals surface area contributed by atoms with Gasteiger partial charge in [0.25, 0.3) is 0 Å². The summed E-state index contributed by atoms with van der Waals surface area (Å²) in [5.74, 6) is -0.195. The maximum absolute atomic E-state index is 11.3. The van der Waals surface area contributed by atoms with Gasteiger partial charge in [-0.25, -0.2) is 0 Å². The van der Waals surface area contributed by atoms with E-state index in [-0.39, 0.29) is 0 Å². The number of rotatable bonds is 3. The highest BCUT2D eigenvalue weighted by atomic mass is 16.4. The van der Waals surface area contributed by atoms with Crippen LogP contribution in [0.5, 0.6) is 0 Å². The molecule has 1 aliphatic heterocycles. The molecule has 0 spiro atoms. The van der Waals surface area contributed by atoms with Crippen molar-refractivity contribution in [3.8, 4) is 5.69 Å². The summed E-state index contributed by atoms with van der Waals surface area (Å²) in [6.45, 7) is 2.80. The Balaban J connectivity index is 1.91. The predicted molar refractivity (Wildman–Crippen MR) is 71.7 cm³/mol. The monoisotopic (exact) mass is 273 g/mol. The van der Waals surface area contributed by atoms with E-state index in [9.17, 15) is 9.90 Å². The van der Waals surface area contributed by atoms with Gasteiger partial charge in [-0.2, -0.15) is 4.68 Å². The molecule has 2 heterocycles. The summed E-state index contributed by atoms with van der Waals surface area (Å²) in [4.78, 5) is 13.2. The molecule has 7 heteroatoms. The van der Waals surface area contributed by atoms with Crippen molar-refractivity contribution < 1.29 is 9.90 Å². The van der Waals surface area contributed by atoms with Crippen molar-refractivity contribution in [2.24, 2.45) is 5.41 Å². The van der Waals surface area contributed by atoms with Crippen LogP contribution in [0, 0.1) is 5.41 Å². The number of para-hydroxylation sites is 1. The Hall–Kier alpha value is -2.44. The molecule has 0 radical (unpaired) electrons. The smallest absolute Gasteiger partial charge is 0.311 e. The standard InChI is InChI=1S/C13H15N5O2/c1-13(11(19)20)7-8-17(9-13)12-14-15-16-18(12)10-5-3-2-4-6-10/h2-6H,7-9H2,1H3,(H,19,20). The van der Waals surface area contributed by atoms with E-state index < -0.39 is 11.4 Å². The lowest BCUT2D eigenvalue weighted by Gasteiger charge is -2.20. The van der Waals surface area contributed by atoms with E-state index in [0.29, 0.717) is 25.5 Å². The molecule has 3 rings (SSSR count). The Labute approximate surface area is 115 Å². The Morgan fingerprint density at radius 3 is 2.75 bits per heavy atom. The third-order valence-electron chi connectivity index (χ3n) is 3.73. The number of aliphatic carboxylic acids is 1. The Kier molecular flexibility index (Phi) is 2.89.